The highest BCUT2D eigenvalue weighted by molar-refractivity contribution is 5.41. The van der Waals surface area contributed by atoms with Crippen molar-refractivity contribution in [2.45, 2.75) is 38.8 Å². The van der Waals surface area contributed by atoms with Crippen LogP contribution in [0.25, 0.3) is 0 Å². The summed E-state index contributed by atoms with van der Waals surface area (Å²) in [4.78, 5) is 2.44. The van der Waals surface area contributed by atoms with Crippen LogP contribution in [0.5, 0.6) is 0 Å². The molecule has 0 amide bonds. The number of aliphatic hydroxyl groups excluding tert-OH is 2. The normalized spacial score (nSPS) is 18.0. The van der Waals surface area contributed by atoms with Crippen molar-refractivity contribution in [1.82, 2.24) is 4.90 Å². The highest BCUT2D eigenvalue weighted by Gasteiger charge is 2.22. The highest BCUT2D eigenvalue weighted by atomic mass is 16.3. The minimum absolute atomic E-state index is 0.113. The van der Waals surface area contributed by atoms with Gasteiger partial charge in [0, 0.05) is 18.5 Å². The van der Waals surface area contributed by atoms with Crippen LogP contribution in [0, 0.1) is 17.8 Å². The van der Waals surface area contributed by atoms with Crippen LogP contribution in [0.3, 0.4) is 0 Å². The first-order valence-corrected chi connectivity index (χ1v) is 7.78. The van der Waals surface area contributed by atoms with E-state index in [2.05, 4.69) is 28.9 Å². The quantitative estimate of drug-likeness (QED) is 0.833. The third-order valence-corrected chi connectivity index (χ3v) is 4.19. The van der Waals surface area contributed by atoms with E-state index in [4.69, 9.17) is 5.11 Å². The van der Waals surface area contributed by atoms with Gasteiger partial charge in [-0.1, -0.05) is 30.0 Å². The summed E-state index contributed by atoms with van der Waals surface area (Å²) in [7, 11) is 0. The Hall–Kier alpha value is -1.34. The topological polar surface area (TPSA) is 43.7 Å². The standard InChI is InChI=1S/C18H25NO2/c1-15(21)16-9-11-19(12-10-16)14-18-8-3-2-6-17(18)7-4-5-13-20/h2-3,6,8,15-16,20-21H,5,9-14H2,1H3. The summed E-state index contributed by atoms with van der Waals surface area (Å²) >= 11 is 0. The Kier molecular flexibility index (Phi) is 6.25. The molecule has 114 valence electrons. The molecule has 0 radical (unpaired) electrons. The summed E-state index contributed by atoms with van der Waals surface area (Å²) in [6.07, 6.45) is 2.46. The number of hydrogen-bond donors (Lipinski definition) is 2. The van der Waals surface area contributed by atoms with Crippen LogP contribution >= 0.6 is 0 Å². The fourth-order valence-electron chi connectivity index (χ4n) is 2.83. The van der Waals surface area contributed by atoms with Gasteiger partial charge < -0.3 is 10.2 Å². The van der Waals surface area contributed by atoms with Crippen LogP contribution in [0.15, 0.2) is 24.3 Å². The van der Waals surface area contributed by atoms with Gasteiger partial charge in [-0.3, -0.25) is 4.90 Å². The van der Waals surface area contributed by atoms with E-state index in [0.717, 1.165) is 38.0 Å². The van der Waals surface area contributed by atoms with Gasteiger partial charge in [0.2, 0.25) is 0 Å². The lowest BCUT2D eigenvalue weighted by Gasteiger charge is -2.33. The summed E-state index contributed by atoms with van der Waals surface area (Å²) in [5.41, 5.74) is 2.31. The molecule has 0 aliphatic carbocycles. The van der Waals surface area contributed by atoms with Crippen molar-refractivity contribution < 1.29 is 10.2 Å². The molecule has 0 spiro atoms. The molecule has 0 aromatic heterocycles. The number of aliphatic hydroxyl groups is 2. The van der Waals surface area contributed by atoms with Gasteiger partial charge in [-0.2, -0.15) is 0 Å². The van der Waals surface area contributed by atoms with Crippen molar-refractivity contribution in [3.05, 3.63) is 35.4 Å². The minimum atomic E-state index is -0.191. The molecule has 0 bridgehead atoms. The van der Waals surface area contributed by atoms with Gasteiger partial charge in [-0.25, -0.2) is 0 Å². The molecule has 1 saturated heterocycles. The molecule has 1 atom stereocenters. The second kappa shape index (κ2) is 8.19. The monoisotopic (exact) mass is 287 g/mol. The Balaban J connectivity index is 1.96. The summed E-state index contributed by atoms with van der Waals surface area (Å²) in [6.45, 7) is 4.99. The molecule has 1 aliphatic rings. The molecule has 1 fully saturated rings. The molecular weight excluding hydrogens is 262 g/mol. The van der Waals surface area contributed by atoms with Crippen LogP contribution in [0.2, 0.25) is 0 Å². The van der Waals surface area contributed by atoms with E-state index < -0.39 is 0 Å². The zero-order chi connectivity index (χ0) is 15.1. The lowest BCUT2D eigenvalue weighted by molar-refractivity contribution is 0.0695. The van der Waals surface area contributed by atoms with Crippen LogP contribution in [0.1, 0.15) is 37.3 Å². The smallest absolute Gasteiger partial charge is 0.0541 e. The van der Waals surface area contributed by atoms with E-state index in [0.29, 0.717) is 12.3 Å². The van der Waals surface area contributed by atoms with Gasteiger partial charge in [0.05, 0.1) is 12.7 Å². The first kappa shape index (κ1) is 16.0. The second-order valence-electron chi connectivity index (χ2n) is 5.79. The Morgan fingerprint density at radius 2 is 2.00 bits per heavy atom. The van der Waals surface area contributed by atoms with Gasteiger partial charge in [0.15, 0.2) is 0 Å². The van der Waals surface area contributed by atoms with Gasteiger partial charge in [-0.05, 0) is 50.4 Å². The first-order chi connectivity index (χ1) is 10.2. The second-order valence-corrected chi connectivity index (χ2v) is 5.79. The van der Waals surface area contributed by atoms with Gasteiger partial charge in [-0.15, -0.1) is 0 Å². The zero-order valence-corrected chi connectivity index (χ0v) is 12.8. The number of piperidine rings is 1. The van der Waals surface area contributed by atoms with Crippen molar-refractivity contribution in [3.8, 4) is 11.8 Å². The Bertz CT molecular complexity index is 493. The van der Waals surface area contributed by atoms with Crippen molar-refractivity contribution >= 4 is 0 Å². The molecule has 2 N–H and O–H groups in total. The van der Waals surface area contributed by atoms with E-state index in [9.17, 15) is 5.11 Å². The molecule has 21 heavy (non-hydrogen) atoms. The van der Waals surface area contributed by atoms with Crippen molar-refractivity contribution in [1.29, 1.82) is 0 Å². The van der Waals surface area contributed by atoms with Crippen molar-refractivity contribution in [3.63, 3.8) is 0 Å². The van der Waals surface area contributed by atoms with Crippen LogP contribution < -0.4 is 0 Å². The molecule has 1 aromatic carbocycles. The molecule has 1 aromatic rings. The van der Waals surface area contributed by atoms with E-state index in [1.165, 1.54) is 5.56 Å². The molecule has 1 aliphatic heterocycles. The van der Waals surface area contributed by atoms with Crippen molar-refractivity contribution in [2.75, 3.05) is 19.7 Å². The molecule has 3 nitrogen and oxygen atoms in total. The third-order valence-electron chi connectivity index (χ3n) is 4.19. The van der Waals surface area contributed by atoms with Gasteiger partial charge in [0.1, 0.15) is 0 Å². The van der Waals surface area contributed by atoms with E-state index in [-0.39, 0.29) is 12.7 Å². The number of nitrogens with zero attached hydrogens (tertiary/aromatic N) is 1. The molecule has 2 rings (SSSR count). The third kappa shape index (κ3) is 4.86. The van der Waals surface area contributed by atoms with E-state index >= 15 is 0 Å². The maximum atomic E-state index is 9.66. The fourth-order valence-corrected chi connectivity index (χ4v) is 2.83. The van der Waals surface area contributed by atoms with Crippen molar-refractivity contribution in [2.24, 2.45) is 5.92 Å². The maximum absolute atomic E-state index is 9.66. The molecular formula is C18H25NO2. The number of hydrogen-bond acceptors (Lipinski definition) is 3. The average Bonchev–Trinajstić information content (AvgIpc) is 2.50. The van der Waals surface area contributed by atoms with Crippen LogP contribution in [-0.2, 0) is 6.54 Å². The first-order valence-electron chi connectivity index (χ1n) is 7.78. The predicted molar refractivity (Wildman–Crippen MR) is 84.7 cm³/mol. The molecule has 1 heterocycles. The lowest BCUT2D eigenvalue weighted by atomic mass is 9.92. The Labute approximate surface area is 127 Å². The molecule has 3 heteroatoms. The summed E-state index contributed by atoms with van der Waals surface area (Å²) in [6, 6.07) is 8.23. The molecule has 0 saturated carbocycles. The number of benzene rings is 1. The summed E-state index contributed by atoms with van der Waals surface area (Å²) in [5.74, 6) is 6.60. The average molecular weight is 287 g/mol. The lowest BCUT2D eigenvalue weighted by Crippen LogP contribution is -2.36. The van der Waals surface area contributed by atoms with Gasteiger partial charge in [0.25, 0.3) is 0 Å². The van der Waals surface area contributed by atoms with E-state index in [1.54, 1.807) is 0 Å². The van der Waals surface area contributed by atoms with Crippen LogP contribution in [-0.4, -0.2) is 40.9 Å². The number of likely N-dealkylation sites (tertiary alicyclic amines) is 1. The van der Waals surface area contributed by atoms with Crippen LogP contribution in [0.4, 0.5) is 0 Å². The largest absolute Gasteiger partial charge is 0.395 e. The minimum Gasteiger partial charge on any atom is -0.395 e. The maximum Gasteiger partial charge on any atom is 0.0541 e. The number of rotatable bonds is 4. The van der Waals surface area contributed by atoms with E-state index in [1.807, 2.05) is 19.1 Å². The molecule has 1 unspecified atom stereocenters. The Morgan fingerprint density at radius 1 is 1.29 bits per heavy atom. The predicted octanol–water partition coefficient (Wildman–Crippen LogP) is 2.01. The zero-order valence-electron chi connectivity index (χ0n) is 12.8. The SMILES string of the molecule is CC(O)C1CCN(Cc2ccccc2C#CCCO)CC1. The fraction of sp³-hybridized carbons (Fsp3) is 0.556. The Morgan fingerprint density at radius 3 is 2.67 bits per heavy atom. The highest BCUT2D eigenvalue weighted by Crippen LogP contribution is 2.22. The summed E-state index contributed by atoms with van der Waals surface area (Å²) < 4.78 is 0. The summed E-state index contributed by atoms with van der Waals surface area (Å²) in [5, 5.41) is 18.5. The van der Waals surface area contributed by atoms with Gasteiger partial charge >= 0.3 is 0 Å².